The summed E-state index contributed by atoms with van der Waals surface area (Å²) in [5.74, 6) is -0.614. The van der Waals surface area contributed by atoms with Gasteiger partial charge in [-0.2, -0.15) is 0 Å². The van der Waals surface area contributed by atoms with Gasteiger partial charge in [0.15, 0.2) is 0 Å². The molecule has 174 valence electrons. The summed E-state index contributed by atoms with van der Waals surface area (Å²) in [5, 5.41) is 1.06. The minimum Gasteiger partial charge on any atom is -0.465 e. The number of imide groups is 1. The Labute approximate surface area is 201 Å². The monoisotopic (exact) mass is 465 g/mol. The first-order valence-corrected chi connectivity index (χ1v) is 11.5. The van der Waals surface area contributed by atoms with Crippen molar-refractivity contribution in [2.45, 2.75) is 25.0 Å². The number of ether oxygens (including phenoxy) is 1. The molecule has 0 saturated carbocycles. The average Bonchev–Trinajstić information content (AvgIpc) is 3.38. The van der Waals surface area contributed by atoms with Crippen LogP contribution in [0.15, 0.2) is 78.9 Å². The Balaban J connectivity index is 1.46. The number of methoxy groups -OCH3 is 1. The SMILES string of the molecule is COC(=O)c1ccc([C@@H]2c3[nH]c4ccccc4c3C[C@H]3C(=O)N(Cc4ccccc4)C(=O)N23)cc1. The van der Waals surface area contributed by atoms with Gasteiger partial charge in [0.05, 0.1) is 19.2 Å². The Kier molecular flexibility index (Phi) is 4.91. The highest BCUT2D eigenvalue weighted by Crippen LogP contribution is 2.44. The first-order valence-electron chi connectivity index (χ1n) is 11.5. The van der Waals surface area contributed by atoms with Gasteiger partial charge in [-0.15, -0.1) is 0 Å². The number of nitrogens with one attached hydrogen (secondary N) is 1. The standard InChI is InChI=1S/C28H23N3O4/c1-35-27(33)19-13-11-18(12-14-19)25-24-21(20-9-5-6-10-22(20)29-24)15-23-26(32)30(28(34)31(23)25)16-17-7-3-2-4-8-17/h2-14,23,25,29H,15-16H2,1H3/t23-,25+/m0/s1. The van der Waals surface area contributed by atoms with Gasteiger partial charge in [-0.3, -0.25) is 14.6 Å². The van der Waals surface area contributed by atoms with Crippen LogP contribution in [-0.2, 0) is 22.5 Å². The highest BCUT2D eigenvalue weighted by atomic mass is 16.5. The van der Waals surface area contributed by atoms with Crippen LogP contribution in [0.4, 0.5) is 4.79 Å². The van der Waals surface area contributed by atoms with E-state index >= 15 is 0 Å². The number of esters is 1. The quantitative estimate of drug-likeness (QED) is 0.357. The average molecular weight is 466 g/mol. The number of aromatic nitrogens is 1. The van der Waals surface area contributed by atoms with Crippen LogP contribution in [0.25, 0.3) is 10.9 Å². The van der Waals surface area contributed by atoms with Crippen molar-refractivity contribution in [2.75, 3.05) is 7.11 Å². The Morgan fingerprint density at radius 1 is 0.971 bits per heavy atom. The van der Waals surface area contributed by atoms with Crippen molar-refractivity contribution in [3.63, 3.8) is 0 Å². The van der Waals surface area contributed by atoms with Gasteiger partial charge >= 0.3 is 12.0 Å². The van der Waals surface area contributed by atoms with E-state index in [0.717, 1.165) is 33.3 Å². The summed E-state index contributed by atoms with van der Waals surface area (Å²) in [6.07, 6.45) is 0.450. The van der Waals surface area contributed by atoms with Crippen molar-refractivity contribution in [2.24, 2.45) is 0 Å². The zero-order chi connectivity index (χ0) is 24.1. The molecule has 0 spiro atoms. The number of para-hydroxylation sites is 1. The topological polar surface area (TPSA) is 82.7 Å². The minimum atomic E-state index is -0.594. The van der Waals surface area contributed by atoms with Gasteiger partial charge in [-0.05, 0) is 34.9 Å². The van der Waals surface area contributed by atoms with Crippen LogP contribution < -0.4 is 0 Å². The second kappa shape index (κ2) is 8.13. The molecule has 7 heteroatoms. The van der Waals surface area contributed by atoms with Crippen LogP contribution in [0.5, 0.6) is 0 Å². The van der Waals surface area contributed by atoms with Crippen molar-refractivity contribution < 1.29 is 19.1 Å². The molecule has 1 saturated heterocycles. The third-order valence-corrected chi connectivity index (χ3v) is 6.97. The van der Waals surface area contributed by atoms with Gasteiger partial charge in [0, 0.05) is 23.0 Å². The lowest BCUT2D eigenvalue weighted by Crippen LogP contribution is -2.44. The van der Waals surface area contributed by atoms with Crippen LogP contribution in [0, 0.1) is 0 Å². The van der Waals surface area contributed by atoms with E-state index in [2.05, 4.69) is 4.98 Å². The molecule has 7 nitrogen and oxygen atoms in total. The van der Waals surface area contributed by atoms with E-state index < -0.39 is 18.1 Å². The van der Waals surface area contributed by atoms with E-state index in [4.69, 9.17) is 4.74 Å². The van der Waals surface area contributed by atoms with Crippen LogP contribution in [-0.4, -0.2) is 45.8 Å². The Morgan fingerprint density at radius 3 is 2.43 bits per heavy atom. The zero-order valence-electron chi connectivity index (χ0n) is 19.1. The smallest absolute Gasteiger partial charge is 0.337 e. The van der Waals surface area contributed by atoms with Crippen molar-refractivity contribution >= 4 is 28.8 Å². The number of carbonyl (C=O) groups excluding carboxylic acids is 3. The van der Waals surface area contributed by atoms with Crippen LogP contribution in [0.1, 0.15) is 38.8 Å². The molecule has 35 heavy (non-hydrogen) atoms. The molecule has 3 heterocycles. The van der Waals surface area contributed by atoms with Gasteiger partial charge in [0.2, 0.25) is 0 Å². The van der Waals surface area contributed by atoms with Gasteiger partial charge < -0.3 is 9.72 Å². The van der Waals surface area contributed by atoms with E-state index in [0.29, 0.717) is 12.0 Å². The Hall–Kier alpha value is -4.39. The second-order valence-corrected chi connectivity index (χ2v) is 8.90. The number of benzene rings is 3. The number of hydrogen-bond donors (Lipinski definition) is 1. The normalized spacial score (nSPS) is 19.1. The molecule has 1 fully saturated rings. The van der Waals surface area contributed by atoms with Gasteiger partial charge in [0.25, 0.3) is 5.91 Å². The number of nitrogens with zero attached hydrogens (tertiary/aromatic N) is 2. The predicted molar refractivity (Wildman–Crippen MR) is 130 cm³/mol. The number of rotatable bonds is 4. The highest BCUT2D eigenvalue weighted by molar-refractivity contribution is 6.05. The summed E-state index contributed by atoms with van der Waals surface area (Å²) >= 11 is 0. The van der Waals surface area contributed by atoms with E-state index in [1.807, 2.05) is 66.7 Å². The third kappa shape index (κ3) is 3.31. The number of amides is 3. The first kappa shape index (κ1) is 21.2. The summed E-state index contributed by atoms with van der Waals surface area (Å²) in [6, 6.07) is 23.2. The number of H-pyrrole nitrogens is 1. The van der Waals surface area contributed by atoms with E-state index in [1.165, 1.54) is 12.0 Å². The molecule has 2 atom stereocenters. The van der Waals surface area contributed by atoms with Crippen molar-refractivity contribution in [3.8, 4) is 0 Å². The molecule has 1 aromatic heterocycles. The fourth-order valence-corrected chi connectivity index (χ4v) is 5.31. The Morgan fingerprint density at radius 2 is 1.69 bits per heavy atom. The summed E-state index contributed by atoms with van der Waals surface area (Å²) in [6.45, 7) is 0.230. The molecule has 4 aromatic rings. The molecule has 0 bridgehead atoms. The van der Waals surface area contributed by atoms with Gasteiger partial charge in [0.1, 0.15) is 12.1 Å². The fourth-order valence-electron chi connectivity index (χ4n) is 5.31. The lowest BCUT2D eigenvalue weighted by Gasteiger charge is -2.36. The highest BCUT2D eigenvalue weighted by Gasteiger charge is 2.52. The maximum absolute atomic E-state index is 13.7. The van der Waals surface area contributed by atoms with E-state index in [1.54, 1.807) is 17.0 Å². The fraction of sp³-hybridized carbons (Fsp3) is 0.179. The maximum Gasteiger partial charge on any atom is 0.337 e. The summed E-state index contributed by atoms with van der Waals surface area (Å²) in [7, 11) is 1.34. The van der Waals surface area contributed by atoms with E-state index in [9.17, 15) is 14.4 Å². The van der Waals surface area contributed by atoms with Crippen molar-refractivity contribution in [1.82, 2.24) is 14.8 Å². The van der Waals surface area contributed by atoms with Crippen molar-refractivity contribution in [3.05, 3.63) is 107 Å². The molecule has 2 aliphatic rings. The minimum absolute atomic E-state index is 0.189. The number of fused-ring (bicyclic) bond motifs is 4. The number of hydrogen-bond acceptors (Lipinski definition) is 4. The van der Waals surface area contributed by atoms with Crippen LogP contribution >= 0.6 is 0 Å². The Bertz CT molecular complexity index is 1460. The second-order valence-electron chi connectivity index (χ2n) is 8.90. The van der Waals surface area contributed by atoms with E-state index in [-0.39, 0.29) is 18.5 Å². The molecule has 0 aliphatic carbocycles. The molecule has 0 unspecified atom stereocenters. The lowest BCUT2D eigenvalue weighted by atomic mass is 9.88. The molecule has 3 amide bonds. The lowest BCUT2D eigenvalue weighted by molar-refractivity contribution is -0.129. The summed E-state index contributed by atoms with van der Waals surface area (Å²) in [4.78, 5) is 45.8. The number of aromatic amines is 1. The molecule has 3 aromatic carbocycles. The molecular weight excluding hydrogens is 442 g/mol. The van der Waals surface area contributed by atoms with Crippen molar-refractivity contribution in [1.29, 1.82) is 0 Å². The van der Waals surface area contributed by atoms with Gasteiger partial charge in [-0.25, -0.2) is 9.59 Å². The summed E-state index contributed by atoms with van der Waals surface area (Å²) < 4.78 is 4.83. The molecule has 1 N–H and O–H groups in total. The number of carbonyl (C=O) groups is 3. The molecule has 2 aliphatic heterocycles. The molecular formula is C28H23N3O4. The summed E-state index contributed by atoms with van der Waals surface area (Å²) in [5.41, 5.74) is 5.06. The maximum atomic E-state index is 13.7. The zero-order valence-corrected chi connectivity index (χ0v) is 19.1. The number of urea groups is 1. The largest absolute Gasteiger partial charge is 0.465 e. The molecule has 0 radical (unpaired) electrons. The third-order valence-electron chi connectivity index (χ3n) is 6.97. The van der Waals surface area contributed by atoms with Gasteiger partial charge in [-0.1, -0.05) is 60.7 Å². The van der Waals surface area contributed by atoms with Crippen LogP contribution in [0.2, 0.25) is 0 Å². The predicted octanol–water partition coefficient (Wildman–Crippen LogP) is 4.43. The first-order chi connectivity index (χ1) is 17.1. The van der Waals surface area contributed by atoms with Crippen LogP contribution in [0.3, 0.4) is 0 Å². The molecule has 6 rings (SSSR count).